The van der Waals surface area contributed by atoms with Crippen molar-refractivity contribution in [3.8, 4) is 5.75 Å². The number of nitrogen functional groups attached to an aromatic ring is 1. The van der Waals surface area contributed by atoms with Crippen molar-refractivity contribution >= 4 is 39.1 Å². The minimum atomic E-state index is -4.85. The van der Waals surface area contributed by atoms with Crippen LogP contribution in [0.1, 0.15) is 15.9 Å². The zero-order chi connectivity index (χ0) is 21.0. The summed E-state index contributed by atoms with van der Waals surface area (Å²) < 4.78 is 40.7. The van der Waals surface area contributed by atoms with Crippen LogP contribution in [0.15, 0.2) is 71.6 Å². The molecule has 0 atom stereocenters. The molecular weight excluding hydrogens is 419 g/mol. The number of amides is 1. The van der Waals surface area contributed by atoms with Gasteiger partial charge in [-0.1, -0.05) is 29.8 Å². The molecule has 0 aliphatic heterocycles. The van der Waals surface area contributed by atoms with E-state index in [-0.39, 0.29) is 12.3 Å². The smallest absolute Gasteiger partial charge is 0.332 e. The van der Waals surface area contributed by atoms with Crippen molar-refractivity contribution in [1.82, 2.24) is 0 Å². The van der Waals surface area contributed by atoms with Crippen molar-refractivity contribution in [2.75, 3.05) is 11.1 Å². The summed E-state index contributed by atoms with van der Waals surface area (Å²) in [4.78, 5) is 11.8. The van der Waals surface area contributed by atoms with Crippen LogP contribution in [0.5, 0.6) is 5.75 Å². The third-order valence-corrected chi connectivity index (χ3v) is 5.05. The number of hydrogen-bond donors (Lipinski definition) is 2. The second-order valence-electron chi connectivity index (χ2n) is 6.10. The van der Waals surface area contributed by atoms with Crippen molar-refractivity contribution in [3.05, 3.63) is 82.9 Å². The number of nitrogens with one attached hydrogen (secondary N) is 1. The molecular formula is C20H16ClFN2O4S. The summed E-state index contributed by atoms with van der Waals surface area (Å²) in [6, 6.07) is 16.5. The number of carbonyl (C=O) groups excluding carboxylic acids is 1. The highest BCUT2D eigenvalue weighted by atomic mass is 35.5. The van der Waals surface area contributed by atoms with Crippen molar-refractivity contribution in [2.24, 2.45) is 0 Å². The lowest BCUT2D eigenvalue weighted by molar-refractivity contribution is 0.102. The molecule has 0 aliphatic carbocycles. The van der Waals surface area contributed by atoms with Crippen LogP contribution in [0, 0.1) is 0 Å². The number of halogens is 2. The summed E-state index contributed by atoms with van der Waals surface area (Å²) in [5, 5.41) is 2.93. The van der Waals surface area contributed by atoms with Gasteiger partial charge in [0, 0.05) is 16.9 Å². The maximum Gasteiger partial charge on any atom is 0.332 e. The van der Waals surface area contributed by atoms with Gasteiger partial charge in [-0.2, -0.15) is 8.42 Å². The van der Waals surface area contributed by atoms with Crippen LogP contribution >= 0.6 is 11.6 Å². The molecule has 0 saturated heterocycles. The first-order chi connectivity index (χ1) is 13.7. The maximum absolute atomic E-state index is 13.1. The monoisotopic (exact) mass is 434 g/mol. The van der Waals surface area contributed by atoms with E-state index in [9.17, 15) is 17.1 Å². The van der Waals surface area contributed by atoms with Crippen LogP contribution in [-0.4, -0.2) is 14.3 Å². The number of benzene rings is 3. The Labute approximate surface area is 172 Å². The average Bonchev–Trinajstić information content (AvgIpc) is 2.67. The molecule has 0 spiro atoms. The van der Waals surface area contributed by atoms with E-state index in [1.54, 1.807) is 42.5 Å². The van der Waals surface area contributed by atoms with Gasteiger partial charge in [-0.3, -0.25) is 4.79 Å². The van der Waals surface area contributed by atoms with E-state index in [2.05, 4.69) is 5.32 Å². The lowest BCUT2D eigenvalue weighted by Crippen LogP contribution is -2.12. The molecule has 6 nitrogen and oxygen atoms in total. The molecule has 0 bridgehead atoms. The lowest BCUT2D eigenvalue weighted by Gasteiger charge is -2.10. The molecule has 3 rings (SSSR count). The molecule has 3 aromatic rings. The van der Waals surface area contributed by atoms with E-state index < -0.39 is 21.0 Å². The van der Waals surface area contributed by atoms with Gasteiger partial charge in [-0.15, -0.1) is 3.89 Å². The molecule has 9 heteroatoms. The summed E-state index contributed by atoms with van der Waals surface area (Å²) in [7, 11) is -4.85. The van der Waals surface area contributed by atoms with Gasteiger partial charge in [0.15, 0.2) is 0 Å². The summed E-state index contributed by atoms with van der Waals surface area (Å²) in [6.45, 7) is 0.238. The van der Waals surface area contributed by atoms with E-state index >= 15 is 0 Å². The number of nitrogens with two attached hydrogens (primary N) is 1. The maximum atomic E-state index is 13.1. The Morgan fingerprint density at radius 3 is 2.45 bits per heavy atom. The van der Waals surface area contributed by atoms with Crippen LogP contribution < -0.4 is 15.8 Å². The standard InChI is InChI=1S/C20H16ClFN2O4S/c21-18-10-15(23)8-9-19(18)28-12-13-4-6-14(7-5-13)20(25)24-16-2-1-3-17(11-16)29(22,26)27/h1-11H,12,23H2,(H,24,25). The first-order valence-corrected chi connectivity index (χ1v) is 10.1. The molecule has 3 N–H and O–H groups in total. The van der Waals surface area contributed by atoms with Crippen molar-refractivity contribution in [3.63, 3.8) is 0 Å². The number of rotatable bonds is 6. The molecule has 0 saturated carbocycles. The summed E-state index contributed by atoms with van der Waals surface area (Å²) in [5.74, 6) is 0.0258. The minimum Gasteiger partial charge on any atom is -0.487 e. The molecule has 1 amide bonds. The van der Waals surface area contributed by atoms with E-state index in [1.807, 2.05) is 0 Å². The van der Waals surface area contributed by atoms with Gasteiger partial charge in [0.25, 0.3) is 5.91 Å². The number of carbonyl (C=O) groups is 1. The van der Waals surface area contributed by atoms with Gasteiger partial charge in [-0.25, -0.2) is 0 Å². The van der Waals surface area contributed by atoms with Crippen LogP contribution in [-0.2, 0) is 16.8 Å². The molecule has 3 aromatic carbocycles. The Hall–Kier alpha value is -3.10. The normalized spacial score (nSPS) is 11.1. The second-order valence-corrected chi connectivity index (χ2v) is 7.85. The number of anilines is 2. The Morgan fingerprint density at radius 2 is 1.79 bits per heavy atom. The molecule has 0 radical (unpaired) electrons. The summed E-state index contributed by atoms with van der Waals surface area (Å²) in [5.41, 5.74) is 7.48. The number of ether oxygens (including phenoxy) is 1. The van der Waals surface area contributed by atoms with Crippen LogP contribution in [0.25, 0.3) is 0 Å². The minimum absolute atomic E-state index is 0.166. The highest BCUT2D eigenvalue weighted by Gasteiger charge is 2.13. The first kappa shape index (κ1) is 20.6. The second kappa shape index (κ2) is 8.50. The van der Waals surface area contributed by atoms with Gasteiger partial charge in [0.1, 0.15) is 17.3 Å². The van der Waals surface area contributed by atoms with E-state index in [1.165, 1.54) is 12.1 Å². The molecule has 29 heavy (non-hydrogen) atoms. The van der Waals surface area contributed by atoms with Gasteiger partial charge >= 0.3 is 10.2 Å². The molecule has 0 unspecified atom stereocenters. The van der Waals surface area contributed by atoms with Crippen LogP contribution in [0.3, 0.4) is 0 Å². The van der Waals surface area contributed by atoms with Crippen molar-refractivity contribution in [2.45, 2.75) is 11.5 Å². The van der Waals surface area contributed by atoms with E-state index in [0.29, 0.717) is 22.0 Å². The zero-order valence-electron chi connectivity index (χ0n) is 14.9. The molecule has 0 aromatic heterocycles. The third kappa shape index (κ3) is 5.46. The number of hydrogen-bond acceptors (Lipinski definition) is 5. The van der Waals surface area contributed by atoms with Gasteiger partial charge in [0.05, 0.1) is 5.02 Å². The zero-order valence-corrected chi connectivity index (χ0v) is 16.5. The van der Waals surface area contributed by atoms with Crippen molar-refractivity contribution in [1.29, 1.82) is 0 Å². The highest BCUT2D eigenvalue weighted by Crippen LogP contribution is 2.27. The fraction of sp³-hybridized carbons (Fsp3) is 0.0500. The first-order valence-electron chi connectivity index (χ1n) is 8.35. The summed E-state index contributed by atoms with van der Waals surface area (Å²) >= 11 is 6.06. The topological polar surface area (TPSA) is 98.5 Å². The quantitative estimate of drug-likeness (QED) is 0.442. The molecule has 0 aliphatic rings. The largest absolute Gasteiger partial charge is 0.487 e. The van der Waals surface area contributed by atoms with Gasteiger partial charge in [-0.05, 0) is 54.1 Å². The predicted molar refractivity (Wildman–Crippen MR) is 109 cm³/mol. The summed E-state index contributed by atoms with van der Waals surface area (Å²) in [6.07, 6.45) is 0. The fourth-order valence-electron chi connectivity index (χ4n) is 2.48. The molecule has 150 valence electrons. The van der Waals surface area contributed by atoms with Crippen LogP contribution in [0.2, 0.25) is 5.02 Å². The predicted octanol–water partition coefficient (Wildman–Crippen LogP) is 4.41. The highest BCUT2D eigenvalue weighted by molar-refractivity contribution is 7.86. The Kier molecular flexibility index (Phi) is 6.05. The molecule has 0 fully saturated rings. The third-order valence-electron chi connectivity index (χ3n) is 3.94. The van der Waals surface area contributed by atoms with Crippen molar-refractivity contribution < 1.29 is 21.8 Å². The van der Waals surface area contributed by atoms with E-state index in [0.717, 1.165) is 17.7 Å². The van der Waals surface area contributed by atoms with E-state index in [4.69, 9.17) is 22.1 Å². The molecule has 0 heterocycles. The average molecular weight is 435 g/mol. The fourth-order valence-corrected chi connectivity index (χ4v) is 3.23. The Bertz CT molecular complexity index is 1150. The lowest BCUT2D eigenvalue weighted by atomic mass is 10.1. The van der Waals surface area contributed by atoms with Crippen LogP contribution in [0.4, 0.5) is 15.3 Å². The van der Waals surface area contributed by atoms with Gasteiger partial charge in [0.2, 0.25) is 0 Å². The van der Waals surface area contributed by atoms with Gasteiger partial charge < -0.3 is 15.8 Å². The SMILES string of the molecule is Nc1ccc(OCc2ccc(C(=O)Nc3cccc(S(=O)(=O)F)c3)cc2)c(Cl)c1. The Morgan fingerprint density at radius 1 is 1.07 bits per heavy atom. The Balaban J connectivity index is 1.64.